The summed E-state index contributed by atoms with van der Waals surface area (Å²) in [6, 6.07) is 20.1. The first kappa shape index (κ1) is 27.0. The van der Waals surface area contributed by atoms with Crippen molar-refractivity contribution in [3.8, 4) is 11.5 Å². The zero-order chi connectivity index (χ0) is 28.6. The van der Waals surface area contributed by atoms with Crippen molar-refractivity contribution in [1.29, 1.82) is 0 Å². The molecule has 4 aromatic rings. The molecular weight excluding hydrogens is 546 g/mol. The lowest BCUT2D eigenvalue weighted by Crippen LogP contribution is -2.51. The van der Waals surface area contributed by atoms with Crippen molar-refractivity contribution in [2.45, 2.75) is 10.8 Å². The lowest BCUT2D eigenvalue weighted by atomic mass is 9.88. The van der Waals surface area contributed by atoms with Crippen molar-refractivity contribution in [3.05, 3.63) is 72.3 Å². The van der Waals surface area contributed by atoms with Gasteiger partial charge in [0, 0.05) is 51.3 Å². The number of hydrogen-bond acceptors (Lipinski definition) is 9. The molecule has 1 aromatic heterocycles. The van der Waals surface area contributed by atoms with Gasteiger partial charge in [0.2, 0.25) is 15.9 Å². The minimum atomic E-state index is -3.97. The van der Waals surface area contributed by atoms with Gasteiger partial charge in [-0.15, -0.1) is 0 Å². The topological polar surface area (TPSA) is 118 Å². The number of fused-ring (bicyclic) bond motifs is 1. The maximum absolute atomic E-state index is 14.0. The van der Waals surface area contributed by atoms with Gasteiger partial charge in [0.05, 0.1) is 25.8 Å². The number of aromatic nitrogens is 2. The normalized spacial score (nSPS) is 20.0. The van der Waals surface area contributed by atoms with Gasteiger partial charge >= 0.3 is 0 Å². The molecule has 2 aliphatic heterocycles. The quantitative estimate of drug-likeness (QED) is 0.327. The Morgan fingerprint density at radius 1 is 0.902 bits per heavy atom. The first-order chi connectivity index (χ1) is 19.9. The van der Waals surface area contributed by atoms with Gasteiger partial charge in [-0.25, -0.2) is 13.0 Å². The van der Waals surface area contributed by atoms with E-state index in [4.69, 9.17) is 14.1 Å². The number of hydrogen-bond donors (Lipinski definition) is 0. The Hall–Kier alpha value is -4.16. The van der Waals surface area contributed by atoms with Crippen LogP contribution in [0.3, 0.4) is 0 Å². The number of rotatable bonds is 7. The summed E-state index contributed by atoms with van der Waals surface area (Å²) in [7, 11) is -0.709. The first-order valence-electron chi connectivity index (χ1n) is 13.4. The number of amides is 1. The maximum atomic E-state index is 14.0. The van der Waals surface area contributed by atoms with Crippen molar-refractivity contribution in [2.24, 2.45) is 5.92 Å². The predicted octanol–water partition coefficient (Wildman–Crippen LogP) is 2.99. The zero-order valence-corrected chi connectivity index (χ0v) is 23.7. The number of sulfonamides is 1. The molecule has 1 unspecified atom stereocenters. The average Bonchev–Trinajstić information content (AvgIpc) is 3.69. The van der Waals surface area contributed by atoms with E-state index in [0.717, 1.165) is 22.7 Å². The van der Waals surface area contributed by atoms with Gasteiger partial charge in [-0.05, 0) is 40.1 Å². The predicted molar refractivity (Wildman–Crippen MR) is 152 cm³/mol. The number of carbonyl (C=O) groups is 1. The number of ether oxygens (including phenoxy) is 2. The van der Waals surface area contributed by atoms with E-state index in [2.05, 4.69) is 15.2 Å². The van der Waals surface area contributed by atoms with Crippen LogP contribution in [0.4, 0.5) is 5.69 Å². The van der Waals surface area contributed by atoms with Crippen LogP contribution >= 0.6 is 0 Å². The molecule has 0 spiro atoms. The van der Waals surface area contributed by atoms with Gasteiger partial charge in [-0.2, -0.15) is 4.31 Å². The maximum Gasteiger partial charge on any atom is 0.245 e. The lowest BCUT2D eigenvalue weighted by Gasteiger charge is -2.38. The second kappa shape index (κ2) is 11.0. The Labute approximate surface area is 238 Å². The SMILES string of the molecule is COc1ccc(OC)c(N2CCN(C(=O)C3CN(S(=O)(=O)c4cccc5nonc45)C[C@H]3c3ccccc3)CC2)c1. The van der Waals surface area contributed by atoms with E-state index in [1.807, 2.05) is 53.4 Å². The molecule has 214 valence electrons. The van der Waals surface area contributed by atoms with E-state index in [1.165, 1.54) is 10.4 Å². The van der Waals surface area contributed by atoms with Crippen molar-refractivity contribution < 1.29 is 27.3 Å². The highest BCUT2D eigenvalue weighted by Gasteiger charge is 2.45. The summed E-state index contributed by atoms with van der Waals surface area (Å²) in [6.07, 6.45) is 0. The lowest BCUT2D eigenvalue weighted by molar-refractivity contribution is -0.135. The van der Waals surface area contributed by atoms with E-state index in [0.29, 0.717) is 31.7 Å². The van der Waals surface area contributed by atoms with Crippen LogP contribution in [-0.2, 0) is 14.8 Å². The third-order valence-corrected chi connectivity index (χ3v) is 9.88. The minimum Gasteiger partial charge on any atom is -0.497 e. The molecule has 0 saturated carbocycles. The number of carbonyl (C=O) groups excluding carboxylic acids is 1. The molecule has 0 radical (unpaired) electrons. The van der Waals surface area contributed by atoms with Crippen LogP contribution in [0, 0.1) is 5.92 Å². The molecule has 11 nitrogen and oxygen atoms in total. The summed E-state index contributed by atoms with van der Waals surface area (Å²) in [4.78, 5) is 18.1. The molecule has 3 aromatic carbocycles. The summed E-state index contributed by atoms with van der Waals surface area (Å²) in [5, 5.41) is 7.61. The van der Waals surface area contributed by atoms with Gasteiger partial charge in [0.25, 0.3) is 0 Å². The van der Waals surface area contributed by atoms with Crippen molar-refractivity contribution in [2.75, 3.05) is 58.4 Å². The second-order valence-corrected chi connectivity index (χ2v) is 12.1. The fourth-order valence-electron chi connectivity index (χ4n) is 5.83. The molecule has 0 N–H and O–H groups in total. The fraction of sp³-hybridized carbons (Fsp3) is 0.345. The van der Waals surface area contributed by atoms with E-state index >= 15 is 0 Å². The monoisotopic (exact) mass is 577 g/mol. The molecule has 2 saturated heterocycles. The fourth-order valence-corrected chi connectivity index (χ4v) is 7.46. The number of piperazine rings is 1. The Morgan fingerprint density at radius 3 is 2.41 bits per heavy atom. The van der Waals surface area contributed by atoms with Gasteiger partial charge < -0.3 is 19.3 Å². The number of nitrogens with zero attached hydrogens (tertiary/aromatic N) is 5. The Kier molecular flexibility index (Phi) is 7.26. The molecule has 2 atom stereocenters. The van der Waals surface area contributed by atoms with E-state index < -0.39 is 15.9 Å². The van der Waals surface area contributed by atoms with Crippen molar-refractivity contribution >= 4 is 32.7 Å². The second-order valence-electron chi connectivity index (χ2n) is 10.2. The summed E-state index contributed by atoms with van der Waals surface area (Å²) < 4.78 is 44.8. The number of benzene rings is 3. The molecule has 1 amide bonds. The van der Waals surface area contributed by atoms with Crippen LogP contribution in [0.15, 0.2) is 76.3 Å². The van der Waals surface area contributed by atoms with Crippen molar-refractivity contribution in [1.82, 2.24) is 19.5 Å². The van der Waals surface area contributed by atoms with Crippen LogP contribution in [0.1, 0.15) is 11.5 Å². The molecule has 3 heterocycles. The summed E-state index contributed by atoms with van der Waals surface area (Å²) in [6.45, 7) is 2.50. The molecule has 6 rings (SSSR count). The third kappa shape index (κ3) is 4.97. The van der Waals surface area contributed by atoms with Gasteiger partial charge in [-0.3, -0.25) is 4.79 Å². The molecule has 12 heteroatoms. The van der Waals surface area contributed by atoms with Crippen molar-refractivity contribution in [3.63, 3.8) is 0 Å². The summed E-state index contributed by atoms with van der Waals surface area (Å²) in [5.41, 5.74) is 2.39. The Morgan fingerprint density at radius 2 is 1.68 bits per heavy atom. The standard InChI is InChI=1S/C29H31N5O6S/c1-38-21-11-12-26(39-2)25(17-21)32-13-15-33(16-14-32)29(35)23-19-34(18-22(23)20-7-4-3-5-8-20)41(36,37)27-10-6-9-24-28(27)31-40-30-24/h3-12,17,22-23H,13-16,18-19H2,1-2H3/t22-,23?/m0/s1. The Bertz CT molecular complexity index is 1650. The van der Waals surface area contributed by atoms with E-state index in [9.17, 15) is 13.2 Å². The van der Waals surface area contributed by atoms with Crippen LogP contribution < -0.4 is 14.4 Å². The number of anilines is 1. The highest BCUT2D eigenvalue weighted by atomic mass is 32.2. The third-order valence-electron chi connectivity index (χ3n) is 8.02. The Balaban J connectivity index is 1.24. The largest absolute Gasteiger partial charge is 0.497 e. The smallest absolute Gasteiger partial charge is 0.245 e. The van der Waals surface area contributed by atoms with Crippen LogP contribution in [-0.4, -0.2) is 87.3 Å². The molecule has 2 fully saturated rings. The van der Waals surface area contributed by atoms with E-state index in [1.54, 1.807) is 26.4 Å². The minimum absolute atomic E-state index is 0.0250. The van der Waals surface area contributed by atoms with Crippen LogP contribution in [0.5, 0.6) is 11.5 Å². The summed E-state index contributed by atoms with van der Waals surface area (Å²) in [5.74, 6) is 0.609. The average molecular weight is 578 g/mol. The molecule has 2 aliphatic rings. The zero-order valence-electron chi connectivity index (χ0n) is 22.8. The van der Waals surface area contributed by atoms with Gasteiger partial charge in [-0.1, -0.05) is 36.4 Å². The molecule has 41 heavy (non-hydrogen) atoms. The highest BCUT2D eigenvalue weighted by Crippen LogP contribution is 2.38. The van der Waals surface area contributed by atoms with Gasteiger partial charge in [0.1, 0.15) is 21.9 Å². The molecule has 0 aliphatic carbocycles. The van der Waals surface area contributed by atoms with E-state index in [-0.39, 0.29) is 35.3 Å². The highest BCUT2D eigenvalue weighted by molar-refractivity contribution is 7.89. The first-order valence-corrected chi connectivity index (χ1v) is 14.9. The van der Waals surface area contributed by atoms with Crippen LogP contribution in [0.25, 0.3) is 11.0 Å². The summed E-state index contributed by atoms with van der Waals surface area (Å²) >= 11 is 0. The molecular formula is C29H31N5O6S. The van der Waals surface area contributed by atoms with Crippen LogP contribution in [0.2, 0.25) is 0 Å². The molecule has 0 bridgehead atoms. The number of methoxy groups -OCH3 is 2. The van der Waals surface area contributed by atoms with Gasteiger partial charge in [0.15, 0.2) is 5.52 Å².